The van der Waals surface area contributed by atoms with E-state index in [-0.39, 0.29) is 5.69 Å². The molecule has 0 unspecified atom stereocenters. The number of morpholine rings is 1. The molecule has 1 N–H and O–H groups in total. The normalized spacial score (nSPS) is 14.2. The lowest BCUT2D eigenvalue weighted by Gasteiger charge is -2.27. The molecule has 1 aromatic carbocycles. The van der Waals surface area contributed by atoms with Crippen molar-refractivity contribution in [3.63, 3.8) is 0 Å². The van der Waals surface area contributed by atoms with Gasteiger partial charge in [-0.15, -0.1) is 0 Å². The Bertz CT molecular complexity index is 1120. The molecule has 11 heteroatoms. The molecule has 0 radical (unpaired) electrons. The molecule has 0 amide bonds. The number of hydrogen-bond donors (Lipinski definition) is 1. The summed E-state index contributed by atoms with van der Waals surface area (Å²) in [6.45, 7) is 4.32. The Morgan fingerprint density at radius 1 is 1.12 bits per heavy atom. The summed E-state index contributed by atoms with van der Waals surface area (Å²) < 4.78 is 5.45. The first kappa shape index (κ1) is 23.3. The van der Waals surface area contributed by atoms with Gasteiger partial charge in [-0.3, -0.25) is 15.0 Å². The maximum Gasteiger partial charge on any atom is 0.287 e. The van der Waals surface area contributed by atoms with E-state index in [1.165, 1.54) is 12.3 Å². The highest BCUT2D eigenvalue weighted by Crippen LogP contribution is 2.32. The summed E-state index contributed by atoms with van der Waals surface area (Å²) in [4.78, 5) is 26.0. The standard InChI is InChI=1S/C22H22Cl2N6O3/c23-16-1-3-18(19(24)11-16)22-15(14-29-7-9-33-10-8-29)12-26-21(28-22)5-6-25-20-4-2-17(13-27-20)30(31)32/h1-4,11-13H,5-10,14H2,(H,25,27). The van der Waals surface area contributed by atoms with Crippen molar-refractivity contribution in [2.75, 3.05) is 38.2 Å². The third-order valence-corrected chi connectivity index (χ3v) is 5.76. The summed E-state index contributed by atoms with van der Waals surface area (Å²) in [5, 5.41) is 15.0. The molecular weight excluding hydrogens is 467 g/mol. The van der Waals surface area contributed by atoms with Crippen LogP contribution in [0.4, 0.5) is 11.5 Å². The quantitative estimate of drug-likeness (QED) is 0.370. The number of nitrogens with zero attached hydrogens (tertiary/aromatic N) is 5. The number of pyridine rings is 1. The smallest absolute Gasteiger partial charge is 0.287 e. The predicted octanol–water partition coefficient (Wildman–Crippen LogP) is 4.24. The first-order valence-electron chi connectivity index (χ1n) is 10.4. The topological polar surface area (TPSA) is 106 Å². The van der Waals surface area contributed by atoms with Crippen molar-refractivity contribution in [1.82, 2.24) is 19.9 Å². The second kappa shape index (κ2) is 10.8. The van der Waals surface area contributed by atoms with Crippen LogP contribution in [0.15, 0.2) is 42.7 Å². The van der Waals surface area contributed by atoms with E-state index in [1.807, 2.05) is 12.3 Å². The van der Waals surface area contributed by atoms with Crippen LogP contribution in [0.5, 0.6) is 0 Å². The first-order chi connectivity index (χ1) is 16.0. The number of rotatable bonds is 8. The SMILES string of the molecule is O=[N+]([O-])c1ccc(NCCc2ncc(CN3CCOCC3)c(-c3ccc(Cl)cc3Cl)n2)nc1. The van der Waals surface area contributed by atoms with Gasteiger partial charge in [0.1, 0.15) is 17.8 Å². The van der Waals surface area contributed by atoms with Crippen LogP contribution in [0.25, 0.3) is 11.3 Å². The van der Waals surface area contributed by atoms with Gasteiger partial charge >= 0.3 is 0 Å². The molecule has 4 rings (SSSR count). The minimum atomic E-state index is -0.480. The summed E-state index contributed by atoms with van der Waals surface area (Å²) in [6, 6.07) is 8.36. The van der Waals surface area contributed by atoms with E-state index >= 15 is 0 Å². The Balaban J connectivity index is 1.51. The zero-order valence-electron chi connectivity index (χ0n) is 17.7. The Hall–Kier alpha value is -2.85. The van der Waals surface area contributed by atoms with Crippen molar-refractivity contribution in [3.05, 3.63) is 74.3 Å². The van der Waals surface area contributed by atoms with Crippen molar-refractivity contribution < 1.29 is 9.66 Å². The zero-order valence-corrected chi connectivity index (χ0v) is 19.2. The van der Waals surface area contributed by atoms with E-state index in [2.05, 4.69) is 20.2 Å². The Labute approximate surface area is 200 Å². The van der Waals surface area contributed by atoms with Gasteiger partial charge in [0.05, 0.1) is 28.9 Å². The largest absolute Gasteiger partial charge is 0.379 e. The molecule has 1 aliphatic rings. The molecule has 3 heterocycles. The number of hydrogen-bond acceptors (Lipinski definition) is 8. The number of benzene rings is 1. The van der Waals surface area contributed by atoms with E-state index in [0.29, 0.717) is 54.4 Å². The molecule has 0 spiro atoms. The molecule has 33 heavy (non-hydrogen) atoms. The molecule has 1 saturated heterocycles. The Morgan fingerprint density at radius 2 is 1.94 bits per heavy atom. The van der Waals surface area contributed by atoms with Gasteiger partial charge in [0.2, 0.25) is 0 Å². The molecule has 172 valence electrons. The Morgan fingerprint density at radius 3 is 2.64 bits per heavy atom. The first-order valence-corrected chi connectivity index (χ1v) is 11.2. The van der Waals surface area contributed by atoms with Crippen LogP contribution in [-0.2, 0) is 17.7 Å². The van der Waals surface area contributed by atoms with Crippen molar-refractivity contribution >= 4 is 34.7 Å². The van der Waals surface area contributed by atoms with Crippen LogP contribution in [0.1, 0.15) is 11.4 Å². The van der Waals surface area contributed by atoms with Crippen LogP contribution >= 0.6 is 23.2 Å². The molecule has 2 aromatic heterocycles. The fourth-order valence-corrected chi connectivity index (χ4v) is 3.99. The number of nitro groups is 1. The van der Waals surface area contributed by atoms with Crippen LogP contribution in [-0.4, -0.2) is 57.6 Å². The highest BCUT2D eigenvalue weighted by Gasteiger charge is 2.18. The summed E-state index contributed by atoms with van der Waals surface area (Å²) in [7, 11) is 0. The lowest BCUT2D eigenvalue weighted by atomic mass is 10.1. The second-order valence-corrected chi connectivity index (χ2v) is 8.35. The molecule has 9 nitrogen and oxygen atoms in total. The maximum atomic E-state index is 10.8. The number of ether oxygens (including phenoxy) is 1. The van der Waals surface area contributed by atoms with Crippen LogP contribution < -0.4 is 5.32 Å². The van der Waals surface area contributed by atoms with Crippen molar-refractivity contribution in [3.8, 4) is 11.3 Å². The van der Waals surface area contributed by atoms with Crippen LogP contribution in [0, 0.1) is 10.1 Å². The monoisotopic (exact) mass is 488 g/mol. The lowest BCUT2D eigenvalue weighted by Crippen LogP contribution is -2.35. The van der Waals surface area contributed by atoms with Gasteiger partial charge in [0, 0.05) is 61.0 Å². The van der Waals surface area contributed by atoms with E-state index < -0.39 is 4.92 Å². The van der Waals surface area contributed by atoms with E-state index in [1.54, 1.807) is 18.2 Å². The molecular formula is C22H22Cl2N6O3. The number of halogens is 2. The van der Waals surface area contributed by atoms with Gasteiger partial charge in [-0.1, -0.05) is 23.2 Å². The van der Waals surface area contributed by atoms with Gasteiger partial charge in [-0.25, -0.2) is 15.0 Å². The third-order valence-electron chi connectivity index (χ3n) is 5.21. The summed E-state index contributed by atoms with van der Waals surface area (Å²) in [6.07, 6.45) is 3.61. The summed E-state index contributed by atoms with van der Waals surface area (Å²) >= 11 is 12.6. The second-order valence-electron chi connectivity index (χ2n) is 7.51. The Kier molecular flexibility index (Phi) is 7.66. The van der Waals surface area contributed by atoms with E-state index in [0.717, 1.165) is 29.9 Å². The van der Waals surface area contributed by atoms with Gasteiger partial charge < -0.3 is 10.1 Å². The van der Waals surface area contributed by atoms with Crippen molar-refractivity contribution in [2.45, 2.75) is 13.0 Å². The number of aromatic nitrogens is 3. The minimum Gasteiger partial charge on any atom is -0.379 e. The molecule has 0 aliphatic carbocycles. The van der Waals surface area contributed by atoms with Gasteiger partial charge in [0.25, 0.3) is 5.69 Å². The van der Waals surface area contributed by atoms with Crippen molar-refractivity contribution in [1.29, 1.82) is 0 Å². The van der Waals surface area contributed by atoms with Gasteiger partial charge in [-0.2, -0.15) is 0 Å². The molecule has 0 atom stereocenters. The van der Waals surface area contributed by atoms with E-state index in [4.69, 9.17) is 32.9 Å². The fourth-order valence-electron chi connectivity index (χ4n) is 3.50. The van der Waals surface area contributed by atoms with Crippen molar-refractivity contribution in [2.24, 2.45) is 0 Å². The highest BCUT2D eigenvalue weighted by atomic mass is 35.5. The number of nitrogens with one attached hydrogen (secondary N) is 1. The molecule has 0 saturated carbocycles. The van der Waals surface area contributed by atoms with E-state index in [9.17, 15) is 10.1 Å². The summed E-state index contributed by atoms with van der Waals surface area (Å²) in [5.74, 6) is 1.20. The minimum absolute atomic E-state index is 0.0516. The van der Waals surface area contributed by atoms with Gasteiger partial charge in [0.15, 0.2) is 0 Å². The zero-order chi connectivity index (χ0) is 23.2. The molecule has 1 aliphatic heterocycles. The third kappa shape index (κ3) is 6.14. The summed E-state index contributed by atoms with van der Waals surface area (Å²) in [5.41, 5.74) is 2.51. The molecule has 3 aromatic rings. The van der Waals surface area contributed by atoms with Crippen LogP contribution in [0.3, 0.4) is 0 Å². The average molecular weight is 489 g/mol. The van der Waals surface area contributed by atoms with Gasteiger partial charge in [-0.05, 0) is 24.3 Å². The lowest BCUT2D eigenvalue weighted by molar-refractivity contribution is -0.385. The number of anilines is 1. The highest BCUT2D eigenvalue weighted by molar-refractivity contribution is 6.36. The maximum absolute atomic E-state index is 10.8. The average Bonchev–Trinajstić information content (AvgIpc) is 2.81. The molecule has 0 bridgehead atoms. The predicted molar refractivity (Wildman–Crippen MR) is 127 cm³/mol. The fraction of sp³-hybridized carbons (Fsp3) is 0.318. The molecule has 1 fully saturated rings. The van der Waals surface area contributed by atoms with Crippen LogP contribution in [0.2, 0.25) is 10.0 Å².